The van der Waals surface area contributed by atoms with Crippen molar-refractivity contribution in [3.63, 3.8) is 0 Å². The highest BCUT2D eigenvalue weighted by Crippen LogP contribution is 1.95. The van der Waals surface area contributed by atoms with E-state index in [0.717, 1.165) is 6.61 Å². The van der Waals surface area contributed by atoms with Gasteiger partial charge in [0.15, 0.2) is 0 Å². The fourth-order valence-corrected chi connectivity index (χ4v) is 0.989. The summed E-state index contributed by atoms with van der Waals surface area (Å²) in [5.74, 6) is 0.420. The number of hydrogen-bond donors (Lipinski definition) is 1. The molecular weight excluding hydrogens is 194 g/mol. The van der Waals surface area contributed by atoms with Gasteiger partial charge in [0.2, 0.25) is 5.91 Å². The van der Waals surface area contributed by atoms with Gasteiger partial charge in [-0.05, 0) is 19.8 Å². The standard InChI is InChI=1S/C11H23NO3/c1-8(2)6-15-7-9(3)12-11(13)10(4)14-5/h8-10H,6-7H2,1-5H3,(H,12,13)/t9-,10-/m1/s1. The summed E-state index contributed by atoms with van der Waals surface area (Å²) < 4.78 is 10.3. The minimum atomic E-state index is -0.405. The molecule has 1 amide bonds. The van der Waals surface area contributed by atoms with E-state index in [2.05, 4.69) is 19.2 Å². The lowest BCUT2D eigenvalue weighted by atomic mass is 10.2. The van der Waals surface area contributed by atoms with Crippen molar-refractivity contribution < 1.29 is 14.3 Å². The third kappa shape index (κ3) is 7.33. The van der Waals surface area contributed by atoms with Crippen molar-refractivity contribution in [2.24, 2.45) is 5.92 Å². The van der Waals surface area contributed by atoms with Crippen molar-refractivity contribution in [3.8, 4) is 0 Å². The van der Waals surface area contributed by atoms with E-state index in [1.807, 2.05) is 6.92 Å². The number of hydrogen-bond acceptors (Lipinski definition) is 3. The van der Waals surface area contributed by atoms with E-state index >= 15 is 0 Å². The molecule has 0 aliphatic carbocycles. The van der Waals surface area contributed by atoms with Crippen molar-refractivity contribution in [1.29, 1.82) is 0 Å². The molecule has 0 fully saturated rings. The molecular formula is C11H23NO3. The number of nitrogens with one attached hydrogen (secondary N) is 1. The van der Waals surface area contributed by atoms with Crippen LogP contribution in [0.25, 0.3) is 0 Å². The maximum absolute atomic E-state index is 11.4. The first-order chi connectivity index (χ1) is 6.97. The molecule has 0 unspecified atom stereocenters. The molecule has 0 spiro atoms. The second kappa shape index (κ2) is 7.65. The number of amides is 1. The average molecular weight is 217 g/mol. The first-order valence-corrected chi connectivity index (χ1v) is 5.38. The molecule has 0 aliphatic rings. The molecule has 0 aromatic heterocycles. The lowest BCUT2D eigenvalue weighted by Gasteiger charge is -2.17. The lowest BCUT2D eigenvalue weighted by molar-refractivity contribution is -0.131. The van der Waals surface area contributed by atoms with Crippen LogP contribution >= 0.6 is 0 Å². The third-order valence-corrected chi connectivity index (χ3v) is 1.93. The molecule has 0 saturated carbocycles. The van der Waals surface area contributed by atoms with E-state index in [-0.39, 0.29) is 11.9 Å². The molecule has 0 heterocycles. The van der Waals surface area contributed by atoms with Crippen LogP contribution in [0.4, 0.5) is 0 Å². The Kier molecular flexibility index (Phi) is 7.34. The minimum absolute atomic E-state index is 0.0221. The summed E-state index contributed by atoms with van der Waals surface area (Å²) in [6.45, 7) is 9.09. The van der Waals surface area contributed by atoms with Gasteiger partial charge in [0.05, 0.1) is 6.61 Å². The van der Waals surface area contributed by atoms with E-state index in [1.165, 1.54) is 7.11 Å². The van der Waals surface area contributed by atoms with Crippen LogP contribution in [0.1, 0.15) is 27.7 Å². The van der Waals surface area contributed by atoms with Gasteiger partial charge in [-0.25, -0.2) is 0 Å². The normalized spacial score (nSPS) is 15.1. The van der Waals surface area contributed by atoms with E-state index in [9.17, 15) is 4.79 Å². The summed E-state index contributed by atoms with van der Waals surface area (Å²) in [6, 6.07) is 0.0221. The van der Waals surface area contributed by atoms with Gasteiger partial charge in [-0.2, -0.15) is 0 Å². The molecule has 0 bridgehead atoms. The van der Waals surface area contributed by atoms with Crippen LogP contribution < -0.4 is 5.32 Å². The fourth-order valence-electron chi connectivity index (χ4n) is 0.989. The van der Waals surface area contributed by atoms with Gasteiger partial charge >= 0.3 is 0 Å². The molecule has 0 rings (SSSR count). The van der Waals surface area contributed by atoms with Crippen molar-refractivity contribution in [1.82, 2.24) is 5.32 Å². The van der Waals surface area contributed by atoms with E-state index in [0.29, 0.717) is 12.5 Å². The van der Waals surface area contributed by atoms with Crippen molar-refractivity contribution in [2.45, 2.75) is 39.8 Å². The minimum Gasteiger partial charge on any atom is -0.379 e. The molecule has 0 aromatic carbocycles. The number of carbonyl (C=O) groups is 1. The van der Waals surface area contributed by atoms with Crippen LogP contribution in [0.3, 0.4) is 0 Å². The zero-order valence-electron chi connectivity index (χ0n) is 10.4. The highest BCUT2D eigenvalue weighted by atomic mass is 16.5. The van der Waals surface area contributed by atoms with Crippen molar-refractivity contribution in [3.05, 3.63) is 0 Å². The molecule has 90 valence electrons. The van der Waals surface area contributed by atoms with Crippen LogP contribution in [0.15, 0.2) is 0 Å². The summed E-state index contributed by atoms with van der Waals surface area (Å²) in [5, 5.41) is 2.82. The summed E-state index contributed by atoms with van der Waals surface area (Å²) in [6.07, 6.45) is -0.405. The number of rotatable bonds is 7. The second-order valence-corrected chi connectivity index (χ2v) is 4.22. The van der Waals surface area contributed by atoms with Gasteiger partial charge < -0.3 is 14.8 Å². The zero-order valence-corrected chi connectivity index (χ0v) is 10.4. The summed E-state index contributed by atoms with van der Waals surface area (Å²) >= 11 is 0. The van der Waals surface area contributed by atoms with Crippen LogP contribution in [0.2, 0.25) is 0 Å². The second-order valence-electron chi connectivity index (χ2n) is 4.22. The Morgan fingerprint density at radius 3 is 2.27 bits per heavy atom. The highest BCUT2D eigenvalue weighted by molar-refractivity contribution is 5.80. The van der Waals surface area contributed by atoms with Crippen molar-refractivity contribution >= 4 is 5.91 Å². The number of carbonyl (C=O) groups excluding carboxylic acids is 1. The Labute approximate surface area is 92.3 Å². The molecule has 0 aromatic rings. The molecule has 0 aliphatic heterocycles. The largest absolute Gasteiger partial charge is 0.379 e. The fraction of sp³-hybridized carbons (Fsp3) is 0.909. The third-order valence-electron chi connectivity index (χ3n) is 1.93. The Hall–Kier alpha value is -0.610. The Balaban J connectivity index is 3.64. The van der Waals surface area contributed by atoms with E-state index in [4.69, 9.17) is 9.47 Å². The highest BCUT2D eigenvalue weighted by Gasteiger charge is 2.14. The van der Waals surface area contributed by atoms with Crippen LogP contribution in [-0.4, -0.2) is 38.4 Å². The number of ether oxygens (including phenoxy) is 2. The summed E-state index contributed by atoms with van der Waals surface area (Å²) in [4.78, 5) is 11.4. The van der Waals surface area contributed by atoms with E-state index in [1.54, 1.807) is 6.92 Å². The Morgan fingerprint density at radius 1 is 1.20 bits per heavy atom. The van der Waals surface area contributed by atoms with Gasteiger partial charge in [0.1, 0.15) is 6.10 Å². The van der Waals surface area contributed by atoms with Crippen LogP contribution in [-0.2, 0) is 14.3 Å². The van der Waals surface area contributed by atoms with Crippen LogP contribution in [0.5, 0.6) is 0 Å². The zero-order chi connectivity index (χ0) is 11.8. The summed E-state index contributed by atoms with van der Waals surface area (Å²) in [5.41, 5.74) is 0. The Bertz CT molecular complexity index is 183. The van der Waals surface area contributed by atoms with Gasteiger partial charge in [0, 0.05) is 19.8 Å². The van der Waals surface area contributed by atoms with Gasteiger partial charge in [-0.1, -0.05) is 13.8 Å². The first-order valence-electron chi connectivity index (χ1n) is 5.38. The predicted octanol–water partition coefficient (Wildman–Crippen LogP) is 1.20. The molecule has 4 nitrogen and oxygen atoms in total. The Morgan fingerprint density at radius 2 is 1.80 bits per heavy atom. The van der Waals surface area contributed by atoms with Gasteiger partial charge in [0.25, 0.3) is 0 Å². The number of methoxy groups -OCH3 is 1. The first kappa shape index (κ1) is 14.4. The smallest absolute Gasteiger partial charge is 0.249 e. The van der Waals surface area contributed by atoms with Gasteiger partial charge in [-0.15, -0.1) is 0 Å². The summed E-state index contributed by atoms with van der Waals surface area (Å²) in [7, 11) is 1.52. The molecule has 0 radical (unpaired) electrons. The maximum Gasteiger partial charge on any atom is 0.249 e. The molecule has 1 N–H and O–H groups in total. The SMILES string of the molecule is CO[C@H](C)C(=O)N[C@H](C)COCC(C)C. The maximum atomic E-state index is 11.4. The average Bonchev–Trinajstić information content (AvgIpc) is 2.15. The molecule has 15 heavy (non-hydrogen) atoms. The monoisotopic (exact) mass is 217 g/mol. The quantitative estimate of drug-likeness (QED) is 0.697. The predicted molar refractivity (Wildman–Crippen MR) is 59.7 cm³/mol. The molecule has 2 atom stereocenters. The molecule has 0 saturated heterocycles. The van der Waals surface area contributed by atoms with Crippen LogP contribution in [0, 0.1) is 5.92 Å². The van der Waals surface area contributed by atoms with Crippen molar-refractivity contribution in [2.75, 3.05) is 20.3 Å². The lowest BCUT2D eigenvalue weighted by Crippen LogP contribution is -2.41. The topological polar surface area (TPSA) is 47.6 Å². The molecule has 4 heteroatoms. The van der Waals surface area contributed by atoms with Gasteiger partial charge in [-0.3, -0.25) is 4.79 Å². The van der Waals surface area contributed by atoms with E-state index < -0.39 is 6.10 Å².